The van der Waals surface area contributed by atoms with E-state index in [-0.39, 0.29) is 18.4 Å². The second-order valence-corrected chi connectivity index (χ2v) is 7.00. The van der Waals surface area contributed by atoms with Gasteiger partial charge >= 0.3 is 5.97 Å². The van der Waals surface area contributed by atoms with Crippen LogP contribution in [0.1, 0.15) is 52.4 Å². The van der Waals surface area contributed by atoms with Gasteiger partial charge in [-0.3, -0.25) is 9.59 Å². The zero-order valence-electron chi connectivity index (χ0n) is 14.9. The average molecular weight is 342 g/mol. The molecule has 2 amide bonds. The highest BCUT2D eigenvalue weighted by Crippen LogP contribution is 2.41. The Hall–Kier alpha value is -1.63. The van der Waals surface area contributed by atoms with Gasteiger partial charge in [-0.15, -0.1) is 0 Å². The van der Waals surface area contributed by atoms with Crippen LogP contribution in [0.5, 0.6) is 0 Å². The predicted octanol–water partition coefficient (Wildman–Crippen LogP) is 1.31. The lowest BCUT2D eigenvalue weighted by molar-refractivity contribution is -0.142. The van der Waals surface area contributed by atoms with Crippen LogP contribution in [0.4, 0.5) is 0 Å². The molecule has 1 rings (SSSR count). The highest BCUT2D eigenvalue weighted by atomic mass is 16.5. The summed E-state index contributed by atoms with van der Waals surface area (Å²) in [4.78, 5) is 35.6. The molecule has 0 radical (unpaired) electrons. The second-order valence-electron chi connectivity index (χ2n) is 7.00. The molecule has 1 aliphatic carbocycles. The van der Waals surface area contributed by atoms with Crippen molar-refractivity contribution in [3.05, 3.63) is 0 Å². The highest BCUT2D eigenvalue weighted by Gasteiger charge is 2.40. The largest absolute Gasteiger partial charge is 0.480 e. The van der Waals surface area contributed by atoms with E-state index < -0.39 is 23.3 Å². The number of hydrogen-bond acceptors (Lipinski definition) is 4. The van der Waals surface area contributed by atoms with Crippen molar-refractivity contribution in [3.63, 3.8) is 0 Å². The van der Waals surface area contributed by atoms with Crippen molar-refractivity contribution in [1.82, 2.24) is 10.6 Å². The van der Waals surface area contributed by atoms with E-state index in [1.165, 1.54) is 0 Å². The van der Waals surface area contributed by atoms with Gasteiger partial charge in [-0.25, -0.2) is 4.79 Å². The maximum absolute atomic E-state index is 12.5. The minimum atomic E-state index is -1.06. The number of rotatable bonds is 10. The third-order valence-corrected chi connectivity index (χ3v) is 4.58. The molecule has 0 aromatic carbocycles. The summed E-state index contributed by atoms with van der Waals surface area (Å²) in [7, 11) is 1.61. The first-order chi connectivity index (χ1) is 11.3. The molecule has 0 bridgehead atoms. The standard InChI is InChI=1S/C17H30N2O5/c1-12(2)10-13(15(21)22)19-14(20)11-18-16(23)17(8-9-24-3)6-4-5-7-17/h12-13H,4-11H2,1-3H3,(H,18,23)(H,19,20)(H,21,22)/t13-/m0/s1. The van der Waals surface area contributed by atoms with Crippen LogP contribution >= 0.6 is 0 Å². The average Bonchev–Trinajstić information content (AvgIpc) is 2.99. The second kappa shape index (κ2) is 9.61. The summed E-state index contributed by atoms with van der Waals surface area (Å²) in [6, 6.07) is -0.927. The van der Waals surface area contributed by atoms with Gasteiger partial charge in [0.25, 0.3) is 0 Å². The molecule has 0 unspecified atom stereocenters. The SMILES string of the molecule is COCCC1(C(=O)NCC(=O)N[C@@H](CC(C)C)C(=O)O)CCCC1. The summed E-state index contributed by atoms with van der Waals surface area (Å²) in [5.74, 6) is -1.52. The monoisotopic (exact) mass is 342 g/mol. The summed E-state index contributed by atoms with van der Waals surface area (Å²) in [5, 5.41) is 14.3. The van der Waals surface area contributed by atoms with Crippen LogP contribution < -0.4 is 10.6 Å². The van der Waals surface area contributed by atoms with Crippen LogP contribution in [0.3, 0.4) is 0 Å². The third kappa shape index (κ3) is 6.11. The quantitative estimate of drug-likeness (QED) is 0.555. The summed E-state index contributed by atoms with van der Waals surface area (Å²) < 4.78 is 5.10. The Bertz CT molecular complexity index is 444. The lowest BCUT2D eigenvalue weighted by atomic mass is 9.82. The zero-order chi connectivity index (χ0) is 18.2. The van der Waals surface area contributed by atoms with Crippen LogP contribution in [-0.2, 0) is 19.1 Å². The van der Waals surface area contributed by atoms with Gasteiger partial charge < -0.3 is 20.5 Å². The molecule has 0 aromatic heterocycles. The Labute approximate surface area is 143 Å². The van der Waals surface area contributed by atoms with Gasteiger partial charge in [-0.2, -0.15) is 0 Å². The number of ether oxygens (including phenoxy) is 1. The Kier molecular flexibility index (Phi) is 8.18. The van der Waals surface area contributed by atoms with Gasteiger partial charge in [-0.05, 0) is 31.6 Å². The molecule has 24 heavy (non-hydrogen) atoms. The van der Waals surface area contributed by atoms with E-state index in [1.54, 1.807) is 7.11 Å². The molecule has 0 aliphatic heterocycles. The van der Waals surface area contributed by atoms with E-state index in [0.717, 1.165) is 25.7 Å². The number of carboxylic acids is 1. The number of hydrogen-bond donors (Lipinski definition) is 3. The minimum Gasteiger partial charge on any atom is -0.480 e. The highest BCUT2D eigenvalue weighted by molar-refractivity contribution is 5.89. The summed E-state index contributed by atoms with van der Waals surface area (Å²) in [5.41, 5.74) is -0.458. The first-order valence-corrected chi connectivity index (χ1v) is 8.60. The molecule has 0 saturated heterocycles. The third-order valence-electron chi connectivity index (χ3n) is 4.58. The molecular formula is C17H30N2O5. The first-order valence-electron chi connectivity index (χ1n) is 8.60. The molecule has 3 N–H and O–H groups in total. The number of amides is 2. The molecule has 1 fully saturated rings. The van der Waals surface area contributed by atoms with Crippen molar-refractivity contribution >= 4 is 17.8 Å². The van der Waals surface area contributed by atoms with E-state index in [9.17, 15) is 14.4 Å². The van der Waals surface area contributed by atoms with Crippen molar-refractivity contribution in [2.45, 2.75) is 58.4 Å². The number of nitrogens with one attached hydrogen (secondary N) is 2. The molecule has 138 valence electrons. The van der Waals surface area contributed by atoms with Crippen molar-refractivity contribution in [2.24, 2.45) is 11.3 Å². The van der Waals surface area contributed by atoms with Crippen LogP contribution in [0, 0.1) is 11.3 Å². The molecule has 0 aromatic rings. The maximum atomic E-state index is 12.5. The van der Waals surface area contributed by atoms with Crippen LogP contribution in [0.15, 0.2) is 0 Å². The number of carboxylic acid groups (broad SMARTS) is 1. The number of methoxy groups -OCH3 is 1. The summed E-state index contributed by atoms with van der Waals surface area (Å²) in [6.45, 7) is 4.09. The van der Waals surface area contributed by atoms with Crippen LogP contribution in [-0.4, -0.2) is 49.2 Å². The molecule has 0 heterocycles. The molecule has 1 atom stereocenters. The Morgan fingerprint density at radius 2 is 1.83 bits per heavy atom. The molecular weight excluding hydrogens is 312 g/mol. The fourth-order valence-electron chi connectivity index (χ4n) is 3.23. The maximum Gasteiger partial charge on any atom is 0.326 e. The van der Waals surface area contributed by atoms with E-state index in [0.29, 0.717) is 19.4 Å². The Morgan fingerprint density at radius 1 is 1.21 bits per heavy atom. The van der Waals surface area contributed by atoms with Crippen molar-refractivity contribution in [2.75, 3.05) is 20.3 Å². The Morgan fingerprint density at radius 3 is 2.33 bits per heavy atom. The smallest absolute Gasteiger partial charge is 0.326 e. The van der Waals surface area contributed by atoms with Crippen molar-refractivity contribution in [1.29, 1.82) is 0 Å². The number of carbonyl (C=O) groups excluding carboxylic acids is 2. The molecule has 7 nitrogen and oxygen atoms in total. The summed E-state index contributed by atoms with van der Waals surface area (Å²) in [6.07, 6.45) is 4.59. The fourth-order valence-corrected chi connectivity index (χ4v) is 3.23. The van der Waals surface area contributed by atoms with E-state index >= 15 is 0 Å². The minimum absolute atomic E-state index is 0.136. The van der Waals surface area contributed by atoms with Gasteiger partial charge in [0.1, 0.15) is 6.04 Å². The number of carbonyl (C=O) groups is 3. The molecule has 1 saturated carbocycles. The van der Waals surface area contributed by atoms with Gasteiger partial charge in [0, 0.05) is 13.7 Å². The molecule has 0 spiro atoms. The molecule has 1 aliphatic rings. The van der Waals surface area contributed by atoms with Gasteiger partial charge in [0.15, 0.2) is 0 Å². The van der Waals surface area contributed by atoms with E-state index in [4.69, 9.17) is 9.84 Å². The van der Waals surface area contributed by atoms with Gasteiger partial charge in [-0.1, -0.05) is 26.7 Å². The topological polar surface area (TPSA) is 105 Å². The van der Waals surface area contributed by atoms with Gasteiger partial charge in [0.05, 0.1) is 12.0 Å². The summed E-state index contributed by atoms with van der Waals surface area (Å²) >= 11 is 0. The first kappa shape index (κ1) is 20.4. The van der Waals surface area contributed by atoms with Gasteiger partial charge in [0.2, 0.25) is 11.8 Å². The Balaban J connectivity index is 2.52. The van der Waals surface area contributed by atoms with Crippen molar-refractivity contribution in [3.8, 4) is 0 Å². The van der Waals surface area contributed by atoms with E-state index in [1.807, 2.05) is 13.8 Å². The number of aliphatic carboxylic acids is 1. The van der Waals surface area contributed by atoms with Crippen LogP contribution in [0.25, 0.3) is 0 Å². The predicted molar refractivity (Wildman–Crippen MR) is 89.4 cm³/mol. The molecule has 7 heteroatoms. The zero-order valence-corrected chi connectivity index (χ0v) is 14.9. The van der Waals surface area contributed by atoms with Crippen molar-refractivity contribution < 1.29 is 24.2 Å². The lowest BCUT2D eigenvalue weighted by Crippen LogP contribution is -2.48. The van der Waals surface area contributed by atoms with E-state index in [2.05, 4.69) is 10.6 Å². The fraction of sp³-hybridized carbons (Fsp3) is 0.824. The lowest BCUT2D eigenvalue weighted by Gasteiger charge is -2.27. The normalized spacial score (nSPS) is 17.5. The van der Waals surface area contributed by atoms with Crippen LogP contribution in [0.2, 0.25) is 0 Å².